The van der Waals surface area contributed by atoms with Gasteiger partial charge >= 0.3 is 0 Å². The number of benzene rings is 1. The number of halogens is 1. The molecule has 1 aromatic carbocycles. The monoisotopic (exact) mass is 291 g/mol. The van der Waals surface area contributed by atoms with Gasteiger partial charge in [-0.1, -0.05) is 34.1 Å². The molecule has 1 N–H and O–H groups in total. The summed E-state index contributed by atoms with van der Waals surface area (Å²) in [7, 11) is 0. The normalized spacial score (nSPS) is 12.4. The molecule has 0 spiro atoms. The number of rotatable bonds is 3. The number of nitrogens with zero attached hydrogens (tertiary/aromatic N) is 1. The van der Waals surface area contributed by atoms with Gasteiger partial charge in [0.05, 0.1) is 11.8 Å². The van der Waals surface area contributed by atoms with Crippen LogP contribution in [-0.4, -0.2) is 10.1 Å². The summed E-state index contributed by atoms with van der Waals surface area (Å²) < 4.78 is 1.02. The topological polar surface area (TPSA) is 33.1 Å². The Morgan fingerprint density at radius 3 is 2.76 bits per heavy atom. The first-order valence-corrected chi connectivity index (χ1v) is 6.30. The quantitative estimate of drug-likeness (QED) is 0.940. The standard InChI is InChI=1S/C14H14BrNO/c1-10-6-7-16-13(8-10)14(17)9-11-4-2-3-5-12(11)15/h2-8,14,17H,9H2,1H3. The molecule has 0 saturated heterocycles. The molecule has 0 amide bonds. The van der Waals surface area contributed by atoms with Crippen molar-refractivity contribution in [2.45, 2.75) is 19.4 Å². The van der Waals surface area contributed by atoms with Crippen LogP contribution in [0.1, 0.15) is 22.9 Å². The van der Waals surface area contributed by atoms with Crippen molar-refractivity contribution in [3.63, 3.8) is 0 Å². The maximum Gasteiger partial charge on any atom is 0.1000 e. The van der Waals surface area contributed by atoms with Crippen LogP contribution in [0.15, 0.2) is 47.1 Å². The summed E-state index contributed by atoms with van der Waals surface area (Å²) in [5.41, 5.74) is 2.92. The van der Waals surface area contributed by atoms with Crippen LogP contribution in [0.3, 0.4) is 0 Å². The Hall–Kier alpha value is -1.19. The summed E-state index contributed by atoms with van der Waals surface area (Å²) in [5, 5.41) is 10.1. The molecule has 3 heteroatoms. The van der Waals surface area contributed by atoms with Crippen LogP contribution in [0.2, 0.25) is 0 Å². The minimum absolute atomic E-state index is 0.561. The second-order valence-electron chi connectivity index (χ2n) is 4.07. The number of aliphatic hydroxyl groups is 1. The van der Waals surface area contributed by atoms with E-state index in [-0.39, 0.29) is 0 Å². The lowest BCUT2D eigenvalue weighted by Gasteiger charge is -2.11. The second-order valence-corrected chi connectivity index (χ2v) is 4.92. The smallest absolute Gasteiger partial charge is 0.1000 e. The Morgan fingerprint density at radius 1 is 1.29 bits per heavy atom. The van der Waals surface area contributed by atoms with Crippen molar-refractivity contribution in [1.29, 1.82) is 0 Å². The molecule has 88 valence electrons. The first-order chi connectivity index (χ1) is 8.16. The zero-order chi connectivity index (χ0) is 12.3. The summed E-state index contributed by atoms with van der Waals surface area (Å²) in [5.74, 6) is 0. The highest BCUT2D eigenvalue weighted by atomic mass is 79.9. The van der Waals surface area contributed by atoms with Gasteiger partial charge in [-0.3, -0.25) is 4.98 Å². The molecule has 1 unspecified atom stereocenters. The van der Waals surface area contributed by atoms with E-state index < -0.39 is 6.10 Å². The van der Waals surface area contributed by atoms with Crippen LogP contribution in [0.4, 0.5) is 0 Å². The molecular weight excluding hydrogens is 278 g/mol. The highest BCUT2D eigenvalue weighted by Gasteiger charge is 2.11. The second kappa shape index (κ2) is 5.43. The molecule has 0 bridgehead atoms. The van der Waals surface area contributed by atoms with Gasteiger partial charge in [0.1, 0.15) is 0 Å². The fraction of sp³-hybridized carbons (Fsp3) is 0.214. The third-order valence-electron chi connectivity index (χ3n) is 2.65. The minimum Gasteiger partial charge on any atom is -0.386 e. The van der Waals surface area contributed by atoms with Crippen LogP contribution in [-0.2, 0) is 6.42 Å². The Labute approximate surface area is 109 Å². The van der Waals surface area contributed by atoms with Gasteiger partial charge in [0.2, 0.25) is 0 Å². The lowest BCUT2D eigenvalue weighted by molar-refractivity contribution is 0.173. The van der Waals surface area contributed by atoms with Crippen molar-refractivity contribution in [3.8, 4) is 0 Å². The molecule has 2 rings (SSSR count). The molecule has 17 heavy (non-hydrogen) atoms. The van der Waals surface area contributed by atoms with E-state index in [1.165, 1.54) is 0 Å². The maximum absolute atomic E-state index is 10.1. The Balaban J connectivity index is 2.17. The van der Waals surface area contributed by atoms with Gasteiger partial charge in [0, 0.05) is 17.1 Å². The lowest BCUT2D eigenvalue weighted by Crippen LogP contribution is -2.04. The molecule has 1 aromatic heterocycles. The largest absolute Gasteiger partial charge is 0.386 e. The summed E-state index contributed by atoms with van der Waals surface area (Å²) in [6, 6.07) is 11.8. The van der Waals surface area contributed by atoms with Gasteiger partial charge in [-0.15, -0.1) is 0 Å². The molecule has 0 aliphatic carbocycles. The molecule has 2 aromatic rings. The predicted octanol–water partition coefficient (Wildman–Crippen LogP) is 3.43. The summed E-state index contributed by atoms with van der Waals surface area (Å²) in [4.78, 5) is 4.20. The highest BCUT2D eigenvalue weighted by molar-refractivity contribution is 9.10. The molecule has 0 aliphatic heterocycles. The average Bonchev–Trinajstić information content (AvgIpc) is 2.32. The van der Waals surface area contributed by atoms with Crippen LogP contribution < -0.4 is 0 Å². The van der Waals surface area contributed by atoms with E-state index in [2.05, 4.69) is 20.9 Å². The molecular formula is C14H14BrNO. The summed E-state index contributed by atoms with van der Waals surface area (Å²) in [6.45, 7) is 2.00. The van der Waals surface area contributed by atoms with E-state index in [4.69, 9.17) is 0 Å². The van der Waals surface area contributed by atoms with Crippen molar-refractivity contribution in [2.24, 2.45) is 0 Å². The third-order valence-corrected chi connectivity index (χ3v) is 3.42. The van der Waals surface area contributed by atoms with Gasteiger partial charge in [0.25, 0.3) is 0 Å². The number of aliphatic hydroxyl groups excluding tert-OH is 1. The van der Waals surface area contributed by atoms with Crippen molar-refractivity contribution in [2.75, 3.05) is 0 Å². The zero-order valence-corrected chi connectivity index (χ0v) is 11.2. The molecule has 0 fully saturated rings. The number of aromatic nitrogens is 1. The summed E-state index contributed by atoms with van der Waals surface area (Å²) >= 11 is 3.48. The van der Waals surface area contributed by atoms with Crippen molar-refractivity contribution in [1.82, 2.24) is 4.98 Å². The van der Waals surface area contributed by atoms with Crippen LogP contribution in [0.5, 0.6) is 0 Å². The third kappa shape index (κ3) is 3.14. The van der Waals surface area contributed by atoms with Gasteiger partial charge in [-0.05, 0) is 36.2 Å². The lowest BCUT2D eigenvalue weighted by atomic mass is 10.0. The van der Waals surface area contributed by atoms with Gasteiger partial charge in [-0.25, -0.2) is 0 Å². The molecule has 2 nitrogen and oxygen atoms in total. The zero-order valence-electron chi connectivity index (χ0n) is 9.60. The van der Waals surface area contributed by atoms with E-state index in [0.717, 1.165) is 21.3 Å². The highest BCUT2D eigenvalue weighted by Crippen LogP contribution is 2.22. The average molecular weight is 292 g/mol. The maximum atomic E-state index is 10.1. The van der Waals surface area contributed by atoms with Gasteiger partial charge in [0.15, 0.2) is 0 Å². The molecule has 1 atom stereocenters. The number of aryl methyl sites for hydroxylation is 1. The predicted molar refractivity (Wildman–Crippen MR) is 71.8 cm³/mol. The number of hydrogen-bond donors (Lipinski definition) is 1. The number of hydrogen-bond acceptors (Lipinski definition) is 2. The van der Waals surface area contributed by atoms with E-state index >= 15 is 0 Å². The van der Waals surface area contributed by atoms with Gasteiger partial charge in [-0.2, -0.15) is 0 Å². The molecule has 0 aliphatic rings. The molecule has 0 saturated carbocycles. The number of pyridine rings is 1. The van der Waals surface area contributed by atoms with E-state index in [9.17, 15) is 5.11 Å². The first-order valence-electron chi connectivity index (χ1n) is 5.51. The van der Waals surface area contributed by atoms with Crippen molar-refractivity contribution >= 4 is 15.9 Å². The SMILES string of the molecule is Cc1ccnc(C(O)Cc2ccccc2Br)c1. The Morgan fingerprint density at radius 2 is 2.06 bits per heavy atom. The van der Waals surface area contributed by atoms with Crippen molar-refractivity contribution < 1.29 is 5.11 Å². The van der Waals surface area contributed by atoms with E-state index in [1.807, 2.05) is 43.3 Å². The van der Waals surface area contributed by atoms with Crippen LogP contribution >= 0.6 is 15.9 Å². The van der Waals surface area contributed by atoms with Crippen molar-refractivity contribution in [3.05, 3.63) is 63.9 Å². The Bertz CT molecular complexity index is 513. The van der Waals surface area contributed by atoms with E-state index in [0.29, 0.717) is 6.42 Å². The first kappa shape index (κ1) is 12.3. The minimum atomic E-state index is -0.561. The van der Waals surface area contributed by atoms with Crippen LogP contribution in [0.25, 0.3) is 0 Å². The summed E-state index contributed by atoms with van der Waals surface area (Å²) in [6.07, 6.45) is 1.74. The fourth-order valence-corrected chi connectivity index (χ4v) is 2.17. The molecule has 0 radical (unpaired) electrons. The fourth-order valence-electron chi connectivity index (χ4n) is 1.72. The van der Waals surface area contributed by atoms with E-state index in [1.54, 1.807) is 6.20 Å². The van der Waals surface area contributed by atoms with Gasteiger partial charge < -0.3 is 5.11 Å². The van der Waals surface area contributed by atoms with Crippen LogP contribution in [0, 0.1) is 6.92 Å². The molecule has 1 heterocycles. The Kier molecular flexibility index (Phi) is 3.92.